The quantitative estimate of drug-likeness (QED) is 0.603. The van der Waals surface area contributed by atoms with E-state index in [1.54, 1.807) is 0 Å². The Bertz CT molecular complexity index is 1070. The largest absolute Gasteiger partial charge is 0.481 e. The third kappa shape index (κ3) is 3.57. The second-order valence-corrected chi connectivity index (χ2v) is 9.66. The second kappa shape index (κ2) is 7.96. The fourth-order valence-electron chi connectivity index (χ4n) is 5.31. The predicted molar refractivity (Wildman–Crippen MR) is 118 cm³/mol. The van der Waals surface area contributed by atoms with Crippen molar-refractivity contribution >= 4 is 34.1 Å². The number of amides is 2. The Hall–Kier alpha value is -2.93. The van der Waals surface area contributed by atoms with Crippen molar-refractivity contribution in [3.63, 3.8) is 0 Å². The summed E-state index contributed by atoms with van der Waals surface area (Å²) in [6, 6.07) is 9.70. The van der Waals surface area contributed by atoms with Crippen LogP contribution in [0.4, 0.5) is 5.00 Å². The highest BCUT2D eigenvalue weighted by Crippen LogP contribution is 2.49. The van der Waals surface area contributed by atoms with Crippen LogP contribution in [0.3, 0.4) is 0 Å². The molecule has 0 spiro atoms. The first kappa shape index (κ1) is 20.0. The molecular formula is C24H24N2O4S. The number of aliphatic carboxylic acids is 1. The number of anilines is 1. The predicted octanol–water partition coefficient (Wildman–Crippen LogP) is 3.63. The summed E-state index contributed by atoms with van der Waals surface area (Å²) >= 11 is 1.46. The van der Waals surface area contributed by atoms with Crippen molar-refractivity contribution in [3.8, 4) is 0 Å². The summed E-state index contributed by atoms with van der Waals surface area (Å²) in [5, 5.41) is 16.1. The molecule has 0 unspecified atom stereocenters. The molecule has 3 N–H and O–H groups in total. The van der Waals surface area contributed by atoms with Gasteiger partial charge in [-0.3, -0.25) is 14.4 Å². The summed E-state index contributed by atoms with van der Waals surface area (Å²) in [5.74, 6) is -2.83. The molecule has 2 bridgehead atoms. The van der Waals surface area contributed by atoms with Crippen molar-refractivity contribution in [2.24, 2.45) is 23.7 Å². The molecule has 1 saturated carbocycles. The normalized spacial score (nSPS) is 25.4. The van der Waals surface area contributed by atoms with Gasteiger partial charge in [0.1, 0.15) is 5.00 Å². The number of nitrogens with one attached hydrogen (secondary N) is 2. The molecule has 1 aromatic heterocycles. The zero-order valence-corrected chi connectivity index (χ0v) is 17.8. The Morgan fingerprint density at radius 1 is 1.03 bits per heavy atom. The van der Waals surface area contributed by atoms with Crippen molar-refractivity contribution in [2.75, 3.05) is 5.32 Å². The fourth-order valence-corrected chi connectivity index (χ4v) is 6.60. The van der Waals surface area contributed by atoms with Gasteiger partial charge < -0.3 is 15.7 Å². The molecule has 7 heteroatoms. The summed E-state index contributed by atoms with van der Waals surface area (Å²) in [6.07, 6.45) is 7.34. The molecule has 2 aromatic rings. The van der Waals surface area contributed by atoms with Crippen LogP contribution < -0.4 is 10.6 Å². The number of carbonyl (C=O) groups excluding carboxylic acids is 2. The van der Waals surface area contributed by atoms with Crippen LogP contribution >= 0.6 is 11.3 Å². The van der Waals surface area contributed by atoms with E-state index in [1.165, 1.54) is 11.3 Å². The van der Waals surface area contributed by atoms with Crippen molar-refractivity contribution < 1.29 is 19.5 Å². The zero-order valence-electron chi connectivity index (χ0n) is 17.0. The molecule has 5 rings (SSSR count). The molecule has 0 saturated heterocycles. The first-order valence-corrected chi connectivity index (χ1v) is 11.5. The molecule has 4 atom stereocenters. The standard InChI is InChI=1S/C24H24N2O4S/c27-21(25-12-13-5-2-1-3-6-13)20-16-7-4-8-17(16)31-23(20)26-22(28)18-14-9-10-15(11-14)19(18)24(29)30/h1-3,5-6,9-10,14-15,18-19H,4,7-8,11-12H2,(H,25,27)(H,26,28)(H,29,30)/t14-,15+,18-,19+/m0/s1. The number of thiophene rings is 1. The summed E-state index contributed by atoms with van der Waals surface area (Å²) in [7, 11) is 0. The second-order valence-electron chi connectivity index (χ2n) is 8.56. The maximum absolute atomic E-state index is 13.2. The van der Waals surface area contributed by atoms with Gasteiger partial charge in [-0.15, -0.1) is 11.3 Å². The van der Waals surface area contributed by atoms with Crippen LogP contribution in [0.5, 0.6) is 0 Å². The molecule has 3 aliphatic rings. The lowest BCUT2D eigenvalue weighted by Gasteiger charge is -2.23. The molecule has 1 heterocycles. The van der Waals surface area contributed by atoms with Crippen molar-refractivity contribution in [2.45, 2.75) is 32.2 Å². The van der Waals surface area contributed by atoms with Crippen molar-refractivity contribution in [3.05, 3.63) is 64.1 Å². The van der Waals surface area contributed by atoms with Crippen LogP contribution in [0.1, 0.15) is 39.2 Å². The molecule has 6 nitrogen and oxygen atoms in total. The minimum Gasteiger partial charge on any atom is -0.481 e. The maximum atomic E-state index is 13.2. The topological polar surface area (TPSA) is 95.5 Å². The minimum atomic E-state index is -0.925. The fraction of sp³-hybridized carbons (Fsp3) is 0.375. The molecule has 160 valence electrons. The van der Waals surface area contributed by atoms with Crippen LogP contribution in [0.15, 0.2) is 42.5 Å². The van der Waals surface area contributed by atoms with Gasteiger partial charge in [0.25, 0.3) is 5.91 Å². The van der Waals surface area contributed by atoms with Crippen molar-refractivity contribution in [1.82, 2.24) is 5.32 Å². The van der Waals surface area contributed by atoms with Crippen molar-refractivity contribution in [1.29, 1.82) is 0 Å². The number of carbonyl (C=O) groups is 3. The van der Waals surface area contributed by atoms with Crippen LogP contribution in [0.2, 0.25) is 0 Å². The number of fused-ring (bicyclic) bond motifs is 3. The van der Waals surface area contributed by atoms with Gasteiger partial charge in [-0.2, -0.15) is 0 Å². The Morgan fingerprint density at radius 3 is 2.52 bits per heavy atom. The molecule has 0 aliphatic heterocycles. The van der Waals surface area contributed by atoms with Gasteiger partial charge in [-0.05, 0) is 48.6 Å². The van der Waals surface area contributed by atoms with Gasteiger partial charge in [0.05, 0.1) is 17.4 Å². The number of allylic oxidation sites excluding steroid dienone is 2. The number of carboxylic acid groups (broad SMARTS) is 1. The molecule has 31 heavy (non-hydrogen) atoms. The number of hydrogen-bond donors (Lipinski definition) is 3. The third-order valence-electron chi connectivity index (χ3n) is 6.73. The number of carboxylic acids is 1. The maximum Gasteiger partial charge on any atom is 0.307 e. The van der Waals surface area contributed by atoms with E-state index >= 15 is 0 Å². The first-order chi connectivity index (χ1) is 15.0. The Labute approximate surface area is 184 Å². The Kier molecular flexibility index (Phi) is 5.14. The average molecular weight is 437 g/mol. The van der Waals surface area contributed by atoms with Gasteiger partial charge in [-0.25, -0.2) is 0 Å². The summed E-state index contributed by atoms with van der Waals surface area (Å²) in [4.78, 5) is 39.2. The van der Waals surface area contributed by atoms with Crippen LogP contribution in [0.25, 0.3) is 0 Å². The highest BCUT2D eigenvalue weighted by Gasteiger charge is 2.51. The number of rotatable bonds is 6. The van der Waals surface area contributed by atoms with Crippen LogP contribution in [-0.4, -0.2) is 22.9 Å². The first-order valence-electron chi connectivity index (χ1n) is 10.7. The lowest BCUT2D eigenvalue weighted by molar-refractivity contribution is -0.146. The van der Waals surface area contributed by atoms with Crippen LogP contribution in [-0.2, 0) is 29.0 Å². The van der Waals surface area contributed by atoms with E-state index in [0.29, 0.717) is 23.5 Å². The van der Waals surface area contributed by atoms with Gasteiger partial charge in [-0.1, -0.05) is 42.5 Å². The minimum absolute atomic E-state index is 0.0479. The van der Waals surface area contributed by atoms with E-state index in [9.17, 15) is 19.5 Å². The zero-order chi connectivity index (χ0) is 21.5. The summed E-state index contributed by atoms with van der Waals surface area (Å²) < 4.78 is 0. The molecule has 1 aromatic carbocycles. The van der Waals surface area contributed by atoms with Gasteiger partial charge >= 0.3 is 5.97 Å². The van der Waals surface area contributed by atoms with E-state index in [1.807, 2.05) is 42.5 Å². The van der Waals surface area contributed by atoms with E-state index in [2.05, 4.69) is 10.6 Å². The molecule has 1 fully saturated rings. The SMILES string of the molecule is O=C(NCc1ccccc1)c1c(NC(=O)[C@@H]2[C@H](C(=O)O)[C@@H]3C=C[C@H]2C3)sc2c1CCC2. The molecule has 3 aliphatic carbocycles. The highest BCUT2D eigenvalue weighted by molar-refractivity contribution is 7.17. The van der Waals surface area contributed by atoms with E-state index in [0.717, 1.165) is 35.3 Å². The summed E-state index contributed by atoms with van der Waals surface area (Å²) in [5.41, 5.74) is 2.58. The lowest BCUT2D eigenvalue weighted by Crippen LogP contribution is -2.36. The summed E-state index contributed by atoms with van der Waals surface area (Å²) in [6.45, 7) is 0.413. The third-order valence-corrected chi connectivity index (χ3v) is 7.94. The molecule has 2 amide bonds. The van der Waals surface area contributed by atoms with E-state index in [4.69, 9.17) is 0 Å². The van der Waals surface area contributed by atoms with Gasteiger partial charge in [0.2, 0.25) is 5.91 Å². The highest BCUT2D eigenvalue weighted by atomic mass is 32.1. The smallest absolute Gasteiger partial charge is 0.307 e. The molecular weight excluding hydrogens is 412 g/mol. The van der Waals surface area contributed by atoms with E-state index in [-0.39, 0.29) is 23.7 Å². The Balaban J connectivity index is 1.37. The molecule has 0 radical (unpaired) electrons. The van der Waals surface area contributed by atoms with E-state index < -0.39 is 17.8 Å². The van der Waals surface area contributed by atoms with Crippen LogP contribution in [0, 0.1) is 23.7 Å². The van der Waals surface area contributed by atoms with Gasteiger partial charge in [0, 0.05) is 11.4 Å². The number of benzene rings is 1. The Morgan fingerprint density at radius 2 is 1.77 bits per heavy atom. The average Bonchev–Trinajstić information content (AvgIpc) is 3.52. The lowest BCUT2D eigenvalue weighted by atomic mass is 9.82. The number of hydrogen-bond acceptors (Lipinski definition) is 4. The van der Waals surface area contributed by atoms with Gasteiger partial charge in [0.15, 0.2) is 0 Å². The monoisotopic (exact) mass is 436 g/mol. The number of aryl methyl sites for hydroxylation is 1.